The third-order valence-corrected chi connectivity index (χ3v) is 6.47. The number of sulfonamides is 1. The van der Waals surface area contributed by atoms with Gasteiger partial charge in [-0.15, -0.1) is 0 Å². The SMILES string of the molecule is Cc1ccc(S(=O)(=O)N2C=CNC(=O)[C@H]2CC(=O)Nc2ccc(CCO)cc2)cc1. The fourth-order valence-corrected chi connectivity index (χ4v) is 4.49. The van der Waals surface area contributed by atoms with Gasteiger partial charge >= 0.3 is 0 Å². The first-order valence-electron chi connectivity index (χ1n) is 9.38. The van der Waals surface area contributed by atoms with E-state index in [4.69, 9.17) is 5.11 Å². The number of aliphatic hydroxyl groups excluding tert-OH is 1. The Morgan fingerprint density at radius 3 is 2.43 bits per heavy atom. The van der Waals surface area contributed by atoms with Crippen LogP contribution in [0.1, 0.15) is 17.5 Å². The van der Waals surface area contributed by atoms with Crippen molar-refractivity contribution in [3.8, 4) is 0 Å². The maximum atomic E-state index is 13.0. The molecule has 158 valence electrons. The molecule has 1 aliphatic heterocycles. The van der Waals surface area contributed by atoms with Gasteiger partial charge in [0.2, 0.25) is 11.8 Å². The Hall–Kier alpha value is -3.17. The topological polar surface area (TPSA) is 116 Å². The van der Waals surface area contributed by atoms with Crippen molar-refractivity contribution in [1.29, 1.82) is 0 Å². The average Bonchev–Trinajstić information content (AvgIpc) is 2.71. The van der Waals surface area contributed by atoms with Crippen LogP contribution in [0.5, 0.6) is 0 Å². The first-order chi connectivity index (χ1) is 14.3. The number of anilines is 1. The zero-order chi connectivity index (χ0) is 21.7. The molecule has 2 amide bonds. The van der Waals surface area contributed by atoms with Crippen LogP contribution in [-0.4, -0.2) is 42.3 Å². The van der Waals surface area contributed by atoms with Crippen molar-refractivity contribution in [1.82, 2.24) is 9.62 Å². The minimum Gasteiger partial charge on any atom is -0.396 e. The number of benzene rings is 2. The van der Waals surface area contributed by atoms with Gasteiger partial charge in [-0.05, 0) is 43.2 Å². The van der Waals surface area contributed by atoms with Crippen molar-refractivity contribution >= 4 is 27.5 Å². The number of hydrogen-bond acceptors (Lipinski definition) is 5. The second-order valence-corrected chi connectivity index (χ2v) is 8.75. The number of carbonyl (C=O) groups is 2. The van der Waals surface area contributed by atoms with Crippen LogP contribution >= 0.6 is 0 Å². The highest BCUT2D eigenvalue weighted by Crippen LogP contribution is 2.23. The number of rotatable bonds is 7. The van der Waals surface area contributed by atoms with E-state index in [9.17, 15) is 18.0 Å². The van der Waals surface area contributed by atoms with E-state index in [0.29, 0.717) is 12.1 Å². The minimum atomic E-state index is -4.01. The number of aryl methyl sites for hydroxylation is 1. The van der Waals surface area contributed by atoms with Crippen LogP contribution in [0.25, 0.3) is 0 Å². The van der Waals surface area contributed by atoms with E-state index in [1.165, 1.54) is 24.5 Å². The summed E-state index contributed by atoms with van der Waals surface area (Å²) in [5.41, 5.74) is 2.34. The molecule has 0 saturated carbocycles. The molecule has 0 aromatic heterocycles. The molecule has 0 aliphatic carbocycles. The number of hydrogen-bond donors (Lipinski definition) is 3. The fourth-order valence-electron chi connectivity index (χ4n) is 3.04. The molecular formula is C21H23N3O5S. The zero-order valence-electron chi connectivity index (χ0n) is 16.4. The van der Waals surface area contributed by atoms with Gasteiger partial charge in [-0.1, -0.05) is 29.8 Å². The van der Waals surface area contributed by atoms with Gasteiger partial charge in [-0.3, -0.25) is 13.9 Å². The minimum absolute atomic E-state index is 0.0291. The van der Waals surface area contributed by atoms with E-state index >= 15 is 0 Å². The van der Waals surface area contributed by atoms with Crippen molar-refractivity contribution in [2.24, 2.45) is 0 Å². The highest BCUT2D eigenvalue weighted by atomic mass is 32.2. The van der Waals surface area contributed by atoms with Gasteiger partial charge < -0.3 is 15.7 Å². The van der Waals surface area contributed by atoms with Crippen LogP contribution in [0.2, 0.25) is 0 Å². The molecule has 0 unspecified atom stereocenters. The molecule has 2 aromatic carbocycles. The standard InChI is InChI=1S/C21H23N3O5S/c1-15-2-8-18(9-3-15)30(28,29)24-12-11-22-21(27)19(24)14-20(26)23-17-6-4-16(5-7-17)10-13-25/h2-9,11-12,19,25H,10,13-14H2,1H3,(H,22,27)(H,23,26)/t19-/m1/s1. The Morgan fingerprint density at radius 1 is 1.13 bits per heavy atom. The molecule has 0 fully saturated rings. The lowest BCUT2D eigenvalue weighted by molar-refractivity contribution is -0.127. The molecule has 1 aliphatic rings. The van der Waals surface area contributed by atoms with Crippen LogP contribution < -0.4 is 10.6 Å². The van der Waals surface area contributed by atoms with Crippen LogP contribution in [0.4, 0.5) is 5.69 Å². The summed E-state index contributed by atoms with van der Waals surface area (Å²) in [6.07, 6.45) is 2.65. The van der Waals surface area contributed by atoms with Gasteiger partial charge in [-0.25, -0.2) is 8.42 Å². The van der Waals surface area contributed by atoms with Crippen molar-refractivity contribution < 1.29 is 23.1 Å². The molecule has 3 rings (SSSR count). The first kappa shape index (κ1) is 21.5. The summed E-state index contributed by atoms with van der Waals surface area (Å²) in [5, 5.41) is 14.1. The molecule has 3 N–H and O–H groups in total. The number of aliphatic hydroxyl groups is 1. The third kappa shape index (κ3) is 4.87. The van der Waals surface area contributed by atoms with E-state index in [1.54, 1.807) is 36.4 Å². The summed E-state index contributed by atoms with van der Waals surface area (Å²) in [7, 11) is -4.01. The van der Waals surface area contributed by atoms with Gasteiger partial charge in [-0.2, -0.15) is 0 Å². The Bertz CT molecular complexity index is 1050. The Kier molecular flexibility index (Phi) is 6.53. The van der Waals surface area contributed by atoms with E-state index in [1.807, 2.05) is 6.92 Å². The van der Waals surface area contributed by atoms with Gasteiger partial charge in [0, 0.05) is 24.7 Å². The molecule has 8 nitrogen and oxygen atoms in total. The summed E-state index contributed by atoms with van der Waals surface area (Å²) in [5.74, 6) is -1.08. The fraction of sp³-hybridized carbons (Fsp3) is 0.238. The molecular weight excluding hydrogens is 406 g/mol. The second-order valence-electron chi connectivity index (χ2n) is 6.91. The van der Waals surface area contributed by atoms with Crippen molar-refractivity contribution in [2.75, 3.05) is 11.9 Å². The molecule has 30 heavy (non-hydrogen) atoms. The summed E-state index contributed by atoms with van der Waals surface area (Å²) in [6, 6.07) is 12.0. The van der Waals surface area contributed by atoms with E-state index in [2.05, 4.69) is 10.6 Å². The molecule has 1 heterocycles. The second kappa shape index (κ2) is 9.10. The maximum absolute atomic E-state index is 13.0. The van der Waals surface area contributed by atoms with Crippen LogP contribution in [0.3, 0.4) is 0 Å². The van der Waals surface area contributed by atoms with E-state index in [-0.39, 0.29) is 17.9 Å². The molecule has 1 atom stereocenters. The predicted molar refractivity (Wildman–Crippen MR) is 112 cm³/mol. The van der Waals surface area contributed by atoms with E-state index in [0.717, 1.165) is 15.4 Å². The van der Waals surface area contributed by atoms with Crippen LogP contribution in [0.15, 0.2) is 65.8 Å². The van der Waals surface area contributed by atoms with E-state index < -0.39 is 27.9 Å². The molecule has 2 aromatic rings. The van der Waals surface area contributed by atoms with Gasteiger partial charge in [0.05, 0.1) is 11.3 Å². The third-order valence-electron chi connectivity index (χ3n) is 4.67. The Morgan fingerprint density at radius 2 is 1.80 bits per heavy atom. The Balaban J connectivity index is 1.76. The molecule has 0 spiro atoms. The van der Waals surface area contributed by atoms with Gasteiger partial charge in [0.25, 0.3) is 10.0 Å². The van der Waals surface area contributed by atoms with Crippen molar-refractivity contribution in [3.63, 3.8) is 0 Å². The summed E-state index contributed by atoms with van der Waals surface area (Å²) < 4.78 is 27.0. The highest BCUT2D eigenvalue weighted by molar-refractivity contribution is 7.89. The first-order valence-corrected chi connectivity index (χ1v) is 10.8. The molecule has 0 bridgehead atoms. The number of nitrogens with zero attached hydrogens (tertiary/aromatic N) is 1. The lowest BCUT2D eigenvalue weighted by Crippen LogP contribution is -2.50. The highest BCUT2D eigenvalue weighted by Gasteiger charge is 2.36. The maximum Gasteiger partial charge on any atom is 0.264 e. The largest absolute Gasteiger partial charge is 0.396 e. The summed E-state index contributed by atoms with van der Waals surface area (Å²) in [4.78, 5) is 24.9. The quantitative estimate of drug-likeness (QED) is 0.617. The zero-order valence-corrected chi connectivity index (χ0v) is 17.2. The summed E-state index contributed by atoms with van der Waals surface area (Å²) >= 11 is 0. The lowest BCUT2D eigenvalue weighted by atomic mass is 10.1. The van der Waals surface area contributed by atoms with Crippen LogP contribution in [-0.2, 0) is 26.0 Å². The summed E-state index contributed by atoms with van der Waals surface area (Å²) in [6.45, 7) is 1.87. The average molecular weight is 429 g/mol. The lowest BCUT2D eigenvalue weighted by Gasteiger charge is -2.31. The van der Waals surface area contributed by atoms with Crippen LogP contribution in [0, 0.1) is 6.92 Å². The predicted octanol–water partition coefficient (Wildman–Crippen LogP) is 1.52. The van der Waals surface area contributed by atoms with Gasteiger partial charge in [0.1, 0.15) is 6.04 Å². The Labute approximate surface area is 175 Å². The number of carbonyl (C=O) groups excluding carboxylic acids is 2. The number of amides is 2. The molecule has 0 radical (unpaired) electrons. The van der Waals surface area contributed by atoms with Crippen molar-refractivity contribution in [3.05, 3.63) is 72.1 Å². The monoisotopic (exact) mass is 429 g/mol. The smallest absolute Gasteiger partial charge is 0.264 e. The van der Waals surface area contributed by atoms with Gasteiger partial charge in [0.15, 0.2) is 0 Å². The molecule has 9 heteroatoms. The number of nitrogens with one attached hydrogen (secondary N) is 2. The molecule has 0 saturated heterocycles. The normalized spacial score (nSPS) is 16.3. The van der Waals surface area contributed by atoms with Crippen molar-refractivity contribution in [2.45, 2.75) is 30.7 Å².